The molecule has 2 rings (SSSR count). The molecule has 1 amide bonds. The van der Waals surface area contributed by atoms with Crippen LogP contribution in [0.2, 0.25) is 0 Å². The largest absolute Gasteiger partial charge is 0.411 e. The maximum Gasteiger partial charge on any atom is 0.411 e. The maximum atomic E-state index is 12.7. The second-order valence-corrected chi connectivity index (χ2v) is 4.60. The number of aromatic nitrogens is 1. The van der Waals surface area contributed by atoms with Gasteiger partial charge in [0, 0.05) is 23.9 Å². The fraction of sp³-hybridized carbons (Fsp3) is 0.500. The molecular formula is C12H14F3N3O2. The number of nitrogens with zero attached hydrogens (tertiary/aromatic N) is 1. The summed E-state index contributed by atoms with van der Waals surface area (Å²) in [6.45, 7) is 1.57. The predicted molar refractivity (Wildman–Crippen MR) is 65.4 cm³/mol. The molecule has 1 aromatic heterocycles. The third kappa shape index (κ3) is 2.84. The molecule has 0 aliphatic carbocycles. The average Bonchev–Trinajstić information content (AvgIpc) is 2.81. The summed E-state index contributed by atoms with van der Waals surface area (Å²) in [5, 5.41) is 13.9. The second-order valence-electron chi connectivity index (χ2n) is 4.60. The minimum Gasteiger partial charge on any atom is -0.391 e. The summed E-state index contributed by atoms with van der Waals surface area (Å²) in [7, 11) is 0. The molecule has 0 aromatic carbocycles. The summed E-state index contributed by atoms with van der Waals surface area (Å²) < 4.78 is 38.2. The molecule has 1 aliphatic heterocycles. The summed E-state index contributed by atoms with van der Waals surface area (Å²) in [6.07, 6.45) is -4.56. The van der Waals surface area contributed by atoms with Crippen molar-refractivity contribution in [2.45, 2.75) is 31.7 Å². The van der Waals surface area contributed by atoms with Crippen molar-refractivity contribution in [2.24, 2.45) is 0 Å². The number of aliphatic hydroxyl groups is 1. The number of alkyl halides is 3. The van der Waals surface area contributed by atoms with Crippen molar-refractivity contribution in [1.82, 2.24) is 10.3 Å². The van der Waals surface area contributed by atoms with Crippen LogP contribution in [0, 0.1) is 0 Å². The Hall–Kier alpha value is -1.83. The number of hydrogen-bond acceptors (Lipinski definition) is 4. The minimum absolute atomic E-state index is 0.148. The molecule has 8 heteroatoms. The number of nitrogens with one attached hydrogen (secondary N) is 2. The zero-order valence-corrected chi connectivity index (χ0v) is 10.7. The van der Waals surface area contributed by atoms with E-state index < -0.39 is 24.2 Å². The Labute approximate surface area is 113 Å². The first-order chi connectivity index (χ1) is 9.30. The van der Waals surface area contributed by atoms with Gasteiger partial charge in [-0.25, -0.2) is 4.98 Å². The molecule has 5 nitrogen and oxygen atoms in total. The summed E-state index contributed by atoms with van der Waals surface area (Å²) >= 11 is 0. The van der Waals surface area contributed by atoms with E-state index in [-0.39, 0.29) is 5.56 Å². The molecule has 0 bridgehead atoms. The lowest BCUT2D eigenvalue weighted by Gasteiger charge is -2.24. The number of anilines is 1. The Morgan fingerprint density at radius 2 is 2.25 bits per heavy atom. The van der Waals surface area contributed by atoms with Gasteiger partial charge in [-0.05, 0) is 19.4 Å². The number of fused-ring (bicyclic) bond motifs is 1. The van der Waals surface area contributed by atoms with E-state index in [4.69, 9.17) is 0 Å². The Morgan fingerprint density at radius 3 is 2.85 bits per heavy atom. The minimum atomic E-state index is -4.71. The van der Waals surface area contributed by atoms with Crippen LogP contribution >= 0.6 is 0 Å². The molecule has 110 valence electrons. The molecule has 2 heterocycles. The molecule has 3 N–H and O–H groups in total. The lowest BCUT2D eigenvalue weighted by atomic mass is 10.1. The van der Waals surface area contributed by atoms with Gasteiger partial charge in [0.05, 0.1) is 6.10 Å². The van der Waals surface area contributed by atoms with Gasteiger partial charge in [0.15, 0.2) is 6.04 Å². The third-order valence-corrected chi connectivity index (χ3v) is 3.09. The molecule has 0 fully saturated rings. The predicted octanol–water partition coefficient (Wildman–Crippen LogP) is 1.09. The Morgan fingerprint density at radius 1 is 1.55 bits per heavy atom. The van der Waals surface area contributed by atoms with Crippen molar-refractivity contribution in [3.05, 3.63) is 23.4 Å². The number of rotatable bonds is 3. The number of halogens is 3. The van der Waals surface area contributed by atoms with Gasteiger partial charge < -0.3 is 15.7 Å². The number of carbonyl (C=O) groups excluding carboxylic acids is 1. The first-order valence-corrected chi connectivity index (χ1v) is 6.08. The molecular weight excluding hydrogens is 275 g/mol. The van der Waals surface area contributed by atoms with E-state index in [9.17, 15) is 23.1 Å². The van der Waals surface area contributed by atoms with E-state index in [1.54, 1.807) is 0 Å². The van der Waals surface area contributed by atoms with Gasteiger partial charge in [0.1, 0.15) is 5.82 Å². The van der Waals surface area contributed by atoms with Crippen LogP contribution in [-0.2, 0) is 6.42 Å². The summed E-state index contributed by atoms with van der Waals surface area (Å²) in [5.74, 6) is -0.353. The van der Waals surface area contributed by atoms with Gasteiger partial charge in [0.2, 0.25) is 0 Å². The SMILES string of the molecule is CC(O)C(NC(=O)c1ccnc2c1CCN2)C(F)(F)F. The van der Waals surface area contributed by atoms with Crippen LogP contribution in [0.25, 0.3) is 0 Å². The van der Waals surface area contributed by atoms with E-state index in [2.05, 4.69) is 10.3 Å². The molecule has 0 radical (unpaired) electrons. The summed E-state index contributed by atoms with van der Waals surface area (Å²) in [6, 6.07) is -0.926. The maximum absolute atomic E-state index is 12.7. The topological polar surface area (TPSA) is 74.2 Å². The highest BCUT2D eigenvalue weighted by Crippen LogP contribution is 2.25. The van der Waals surface area contributed by atoms with E-state index in [0.717, 1.165) is 6.92 Å². The smallest absolute Gasteiger partial charge is 0.391 e. The van der Waals surface area contributed by atoms with Crippen molar-refractivity contribution >= 4 is 11.7 Å². The van der Waals surface area contributed by atoms with E-state index in [0.29, 0.717) is 24.3 Å². The van der Waals surface area contributed by atoms with E-state index in [1.165, 1.54) is 12.3 Å². The highest BCUT2D eigenvalue weighted by molar-refractivity contribution is 5.97. The fourth-order valence-electron chi connectivity index (χ4n) is 2.11. The summed E-state index contributed by atoms with van der Waals surface area (Å²) in [5.41, 5.74) is 0.742. The fourth-order valence-corrected chi connectivity index (χ4v) is 2.11. The Bertz CT molecular complexity index is 517. The normalized spacial score (nSPS) is 17.1. The first-order valence-electron chi connectivity index (χ1n) is 6.08. The number of hydrogen-bond donors (Lipinski definition) is 3. The van der Waals surface area contributed by atoms with E-state index in [1.807, 2.05) is 5.32 Å². The standard InChI is InChI=1S/C12H14F3N3O2/c1-6(19)9(12(13,14)15)18-11(20)8-3-5-17-10-7(8)2-4-16-10/h3,5-6,9,19H,2,4H2,1H3,(H,16,17)(H,18,20). The Balaban J connectivity index is 2.22. The lowest BCUT2D eigenvalue weighted by molar-refractivity contribution is -0.172. The number of amides is 1. The highest BCUT2D eigenvalue weighted by atomic mass is 19.4. The Kier molecular flexibility index (Phi) is 3.85. The quantitative estimate of drug-likeness (QED) is 0.779. The van der Waals surface area contributed by atoms with Gasteiger partial charge in [-0.15, -0.1) is 0 Å². The third-order valence-electron chi connectivity index (χ3n) is 3.09. The average molecular weight is 289 g/mol. The van der Waals surface area contributed by atoms with Crippen LogP contribution in [0.5, 0.6) is 0 Å². The zero-order valence-electron chi connectivity index (χ0n) is 10.7. The van der Waals surface area contributed by atoms with Gasteiger partial charge in [-0.2, -0.15) is 13.2 Å². The van der Waals surface area contributed by atoms with Crippen LogP contribution in [0.3, 0.4) is 0 Å². The summed E-state index contributed by atoms with van der Waals surface area (Å²) in [4.78, 5) is 16.0. The van der Waals surface area contributed by atoms with Crippen LogP contribution in [0.15, 0.2) is 12.3 Å². The number of aliphatic hydroxyl groups excluding tert-OH is 1. The number of carbonyl (C=O) groups is 1. The van der Waals surface area contributed by atoms with Crippen molar-refractivity contribution < 1.29 is 23.1 Å². The molecule has 0 spiro atoms. The molecule has 1 aliphatic rings. The van der Waals surface area contributed by atoms with Crippen LogP contribution < -0.4 is 10.6 Å². The second kappa shape index (κ2) is 5.28. The van der Waals surface area contributed by atoms with Crippen LogP contribution in [-0.4, -0.2) is 40.9 Å². The van der Waals surface area contributed by atoms with Gasteiger partial charge in [0.25, 0.3) is 5.91 Å². The zero-order chi connectivity index (χ0) is 14.9. The lowest BCUT2D eigenvalue weighted by Crippen LogP contribution is -2.51. The van der Waals surface area contributed by atoms with Gasteiger partial charge >= 0.3 is 6.18 Å². The van der Waals surface area contributed by atoms with Gasteiger partial charge in [-0.1, -0.05) is 0 Å². The van der Waals surface area contributed by atoms with Crippen molar-refractivity contribution in [1.29, 1.82) is 0 Å². The van der Waals surface area contributed by atoms with Crippen molar-refractivity contribution in [2.75, 3.05) is 11.9 Å². The van der Waals surface area contributed by atoms with Crippen LogP contribution in [0.1, 0.15) is 22.8 Å². The van der Waals surface area contributed by atoms with Crippen molar-refractivity contribution in [3.8, 4) is 0 Å². The molecule has 2 atom stereocenters. The van der Waals surface area contributed by atoms with Crippen molar-refractivity contribution in [3.63, 3.8) is 0 Å². The molecule has 20 heavy (non-hydrogen) atoms. The molecule has 0 saturated heterocycles. The van der Waals surface area contributed by atoms with Gasteiger partial charge in [-0.3, -0.25) is 4.79 Å². The monoisotopic (exact) mass is 289 g/mol. The molecule has 1 aromatic rings. The molecule has 2 unspecified atom stereocenters. The highest BCUT2D eigenvalue weighted by Gasteiger charge is 2.44. The van der Waals surface area contributed by atoms with E-state index >= 15 is 0 Å². The molecule has 0 saturated carbocycles. The first kappa shape index (κ1) is 14.6. The van der Waals surface area contributed by atoms with Crippen LogP contribution in [0.4, 0.5) is 19.0 Å². The number of pyridine rings is 1.